The molecule has 0 saturated heterocycles. The number of carbonyl (C=O) groups is 1. The van der Waals surface area contributed by atoms with E-state index in [4.69, 9.17) is 4.74 Å². The highest BCUT2D eigenvalue weighted by molar-refractivity contribution is 5.93. The van der Waals surface area contributed by atoms with Crippen LogP contribution in [-0.4, -0.2) is 55.2 Å². The molecule has 1 aliphatic carbocycles. The number of halogens is 4. The van der Waals surface area contributed by atoms with Crippen LogP contribution in [0.3, 0.4) is 0 Å². The molecule has 2 aromatic heterocycles. The minimum atomic E-state index is -5.06. The van der Waals surface area contributed by atoms with E-state index in [1.54, 1.807) is 18.7 Å². The molecule has 188 valence electrons. The average molecular weight is 505 g/mol. The van der Waals surface area contributed by atoms with Gasteiger partial charge in [0.05, 0.1) is 5.41 Å². The van der Waals surface area contributed by atoms with Gasteiger partial charge in [-0.3, -0.25) is 9.59 Å². The highest BCUT2D eigenvalue weighted by atomic mass is 19.4. The highest BCUT2D eigenvalue weighted by Gasteiger charge is 2.73. The van der Waals surface area contributed by atoms with Gasteiger partial charge in [0.2, 0.25) is 0 Å². The number of rotatable bonds is 4. The van der Waals surface area contributed by atoms with Gasteiger partial charge in [-0.2, -0.15) is 5.10 Å². The van der Waals surface area contributed by atoms with Gasteiger partial charge >= 0.3 is 6.36 Å². The number of amides is 1. The lowest BCUT2D eigenvalue weighted by atomic mass is 9.92. The van der Waals surface area contributed by atoms with E-state index in [-0.39, 0.29) is 36.8 Å². The molecule has 0 radical (unpaired) electrons. The zero-order chi connectivity index (χ0) is 25.6. The zero-order valence-corrected chi connectivity index (χ0v) is 19.1. The number of hydrogen-bond acceptors (Lipinski definition) is 6. The summed E-state index contributed by atoms with van der Waals surface area (Å²) < 4.78 is 65.0. The number of nitrogens with zero attached hydrogens (tertiary/aromatic N) is 5. The molecule has 1 fully saturated rings. The quantitative estimate of drug-likeness (QED) is 0.507. The lowest BCUT2D eigenvalue weighted by Crippen LogP contribution is -2.48. The third-order valence-electron chi connectivity index (χ3n) is 7.20. The van der Waals surface area contributed by atoms with Gasteiger partial charge in [0.1, 0.15) is 34.9 Å². The number of alkyl halides is 3. The van der Waals surface area contributed by atoms with E-state index in [9.17, 15) is 27.2 Å². The Labute approximate surface area is 200 Å². The van der Waals surface area contributed by atoms with E-state index in [1.807, 2.05) is 0 Å². The van der Waals surface area contributed by atoms with Crippen LogP contribution in [-0.2, 0) is 12.0 Å². The predicted molar refractivity (Wildman–Crippen MR) is 115 cm³/mol. The first-order valence-corrected chi connectivity index (χ1v) is 11.1. The van der Waals surface area contributed by atoms with Gasteiger partial charge in [0.15, 0.2) is 11.6 Å². The van der Waals surface area contributed by atoms with E-state index in [1.165, 1.54) is 27.7 Å². The Bertz CT molecular complexity index is 1500. The molecule has 4 heterocycles. The molecule has 0 bridgehead atoms. The van der Waals surface area contributed by atoms with E-state index in [0.29, 0.717) is 17.8 Å². The van der Waals surface area contributed by atoms with Crippen LogP contribution >= 0.6 is 0 Å². The van der Waals surface area contributed by atoms with Crippen LogP contribution in [0.2, 0.25) is 0 Å². The van der Waals surface area contributed by atoms with Crippen molar-refractivity contribution >= 4 is 5.91 Å². The molecule has 6 rings (SSSR count). The minimum absolute atomic E-state index is 0.129. The number of pyridine rings is 1. The van der Waals surface area contributed by atoms with Gasteiger partial charge in [-0.1, -0.05) is 0 Å². The van der Waals surface area contributed by atoms with Gasteiger partial charge in [0.25, 0.3) is 11.5 Å². The van der Waals surface area contributed by atoms with Crippen molar-refractivity contribution in [2.24, 2.45) is 0 Å². The zero-order valence-electron chi connectivity index (χ0n) is 19.1. The minimum Gasteiger partial charge on any atom is -0.486 e. The Hall–Kier alpha value is -3.90. The van der Waals surface area contributed by atoms with Crippen LogP contribution in [0.25, 0.3) is 5.69 Å². The largest absolute Gasteiger partial charge is 0.573 e. The Kier molecular flexibility index (Phi) is 4.43. The summed E-state index contributed by atoms with van der Waals surface area (Å²) in [6.07, 6.45) is -3.20. The van der Waals surface area contributed by atoms with Crippen molar-refractivity contribution in [3.8, 4) is 17.2 Å². The number of carbonyl (C=O) groups excluding carboxylic acids is 1. The standard InChI is InChI=1S/C23H19F4N5O4/c1-12-28-11-32(29-12)16-4-3-15-19(33)30(5-6-31(15)20(16)34)10-22-9-21(22,2)35-17-8-14(24)18(7-13(17)22)36-23(25,26)27/h3-4,7-8,11H,5-6,9-10H2,1-2H3/t21-,22+/m1/s1. The summed E-state index contributed by atoms with van der Waals surface area (Å²) in [6.45, 7) is 4.01. The lowest BCUT2D eigenvalue weighted by Gasteiger charge is -2.32. The maximum atomic E-state index is 14.2. The van der Waals surface area contributed by atoms with Crippen molar-refractivity contribution in [3.63, 3.8) is 0 Å². The van der Waals surface area contributed by atoms with Crippen molar-refractivity contribution in [2.75, 3.05) is 13.1 Å². The molecule has 3 aromatic rings. The van der Waals surface area contributed by atoms with Crippen LogP contribution in [0, 0.1) is 12.7 Å². The van der Waals surface area contributed by atoms with E-state index < -0.39 is 40.4 Å². The SMILES string of the molecule is Cc1ncn(-c2ccc3n(c2=O)CCN(C[C@]24C[C@@]2(C)Oc2cc(F)c(OC(F)(F)F)cc24)C3=O)n1. The molecule has 3 aliphatic rings. The van der Waals surface area contributed by atoms with Crippen LogP contribution in [0.4, 0.5) is 17.6 Å². The Morgan fingerprint density at radius 1 is 1.19 bits per heavy atom. The molecule has 9 nitrogen and oxygen atoms in total. The number of ether oxygens (including phenoxy) is 2. The van der Waals surface area contributed by atoms with Gasteiger partial charge in [-0.25, -0.2) is 14.1 Å². The smallest absolute Gasteiger partial charge is 0.486 e. The topological polar surface area (TPSA) is 91.5 Å². The third kappa shape index (κ3) is 3.21. The molecule has 1 aromatic carbocycles. The molecule has 2 aliphatic heterocycles. The second kappa shape index (κ2) is 7.08. The van der Waals surface area contributed by atoms with Gasteiger partial charge in [-0.15, -0.1) is 13.2 Å². The first kappa shape index (κ1) is 22.6. The second-order valence-corrected chi connectivity index (χ2v) is 9.44. The number of aromatic nitrogens is 4. The highest BCUT2D eigenvalue weighted by Crippen LogP contribution is 2.67. The van der Waals surface area contributed by atoms with Gasteiger partial charge < -0.3 is 18.9 Å². The molecule has 1 saturated carbocycles. The number of fused-ring (bicyclic) bond motifs is 4. The third-order valence-corrected chi connectivity index (χ3v) is 7.20. The average Bonchev–Trinajstić information content (AvgIpc) is 3.04. The van der Waals surface area contributed by atoms with Crippen LogP contribution < -0.4 is 15.0 Å². The fourth-order valence-corrected chi connectivity index (χ4v) is 5.37. The van der Waals surface area contributed by atoms with Crippen LogP contribution in [0.5, 0.6) is 11.5 Å². The monoisotopic (exact) mass is 505 g/mol. The molecular weight excluding hydrogens is 486 g/mol. The Balaban J connectivity index is 1.31. The first-order chi connectivity index (χ1) is 16.9. The molecule has 0 spiro atoms. The molecular formula is C23H19F4N5O4. The normalized spacial score (nSPS) is 24.2. The Morgan fingerprint density at radius 2 is 1.97 bits per heavy atom. The van der Waals surface area contributed by atoms with Crippen molar-refractivity contribution < 1.29 is 31.8 Å². The second-order valence-electron chi connectivity index (χ2n) is 9.44. The molecule has 36 heavy (non-hydrogen) atoms. The van der Waals surface area contributed by atoms with Crippen molar-refractivity contribution in [3.05, 3.63) is 63.8 Å². The van der Waals surface area contributed by atoms with E-state index in [0.717, 1.165) is 12.1 Å². The molecule has 0 N–H and O–H groups in total. The summed E-state index contributed by atoms with van der Waals surface area (Å²) in [6, 6.07) is 4.93. The van der Waals surface area contributed by atoms with Gasteiger partial charge in [0, 0.05) is 37.7 Å². The van der Waals surface area contributed by atoms with E-state index >= 15 is 0 Å². The number of hydrogen-bond donors (Lipinski definition) is 0. The molecule has 1 amide bonds. The van der Waals surface area contributed by atoms with E-state index in [2.05, 4.69) is 14.8 Å². The summed E-state index contributed by atoms with van der Waals surface area (Å²) in [5, 5.41) is 4.15. The number of aryl methyl sites for hydroxylation is 1. The van der Waals surface area contributed by atoms with Crippen molar-refractivity contribution in [2.45, 2.75) is 44.2 Å². The van der Waals surface area contributed by atoms with Gasteiger partial charge in [-0.05, 0) is 32.0 Å². The molecule has 0 unspecified atom stereocenters. The fraction of sp³-hybridized carbons (Fsp3) is 0.391. The Morgan fingerprint density at radius 3 is 2.67 bits per heavy atom. The lowest BCUT2D eigenvalue weighted by molar-refractivity contribution is -0.275. The van der Waals surface area contributed by atoms with Crippen LogP contribution in [0.1, 0.15) is 35.2 Å². The maximum absolute atomic E-state index is 14.2. The fourth-order valence-electron chi connectivity index (χ4n) is 5.37. The number of benzene rings is 1. The molecule has 2 atom stereocenters. The summed E-state index contributed by atoms with van der Waals surface area (Å²) in [7, 11) is 0. The maximum Gasteiger partial charge on any atom is 0.573 e. The summed E-state index contributed by atoms with van der Waals surface area (Å²) in [4.78, 5) is 32.0. The van der Waals surface area contributed by atoms with Crippen molar-refractivity contribution in [1.82, 2.24) is 24.2 Å². The first-order valence-electron chi connectivity index (χ1n) is 11.1. The van der Waals surface area contributed by atoms with Crippen molar-refractivity contribution in [1.29, 1.82) is 0 Å². The summed E-state index contributed by atoms with van der Waals surface area (Å²) in [5.41, 5.74) is -1.21. The predicted octanol–water partition coefficient (Wildman–Crippen LogP) is 2.72. The summed E-state index contributed by atoms with van der Waals surface area (Å²) >= 11 is 0. The summed E-state index contributed by atoms with van der Waals surface area (Å²) in [5.74, 6) is -1.91. The van der Waals surface area contributed by atoms with Crippen LogP contribution in [0.15, 0.2) is 35.4 Å². The molecule has 13 heteroatoms.